The first-order valence-corrected chi connectivity index (χ1v) is 12.5. The highest BCUT2D eigenvalue weighted by Crippen LogP contribution is 2.38. The number of carbonyl (C=O) groups excluding carboxylic acids is 1. The van der Waals surface area contributed by atoms with Gasteiger partial charge in [0, 0.05) is 13.2 Å². The van der Waals surface area contributed by atoms with E-state index in [0.717, 1.165) is 41.6 Å². The standard InChI is InChI=1S/C28H39N3O2/c1-4-16-28(20-31-17-13-25(28)14-18-31)30-26(33)29-27(2,3)24-11-9-23(10-12-24)22-7-5-21(6-8-22)15-19-32/h5-12,25,32H,4,13-20H2,1-3H3,(H2,29,30,33). The van der Waals surface area contributed by atoms with Gasteiger partial charge in [0.15, 0.2) is 0 Å². The molecule has 0 radical (unpaired) electrons. The molecule has 3 heterocycles. The van der Waals surface area contributed by atoms with Crippen molar-refractivity contribution < 1.29 is 9.90 Å². The first-order valence-electron chi connectivity index (χ1n) is 12.5. The van der Waals surface area contributed by atoms with Gasteiger partial charge in [0.05, 0.1) is 11.1 Å². The maximum Gasteiger partial charge on any atom is 0.315 e. The molecule has 0 aliphatic carbocycles. The Balaban J connectivity index is 1.43. The number of nitrogens with zero attached hydrogens (tertiary/aromatic N) is 1. The SMILES string of the molecule is CCCC1(NC(=O)NC(C)(C)c2ccc(-c3ccc(CCO)cc3)cc2)CN2CCC1CC2. The molecule has 5 nitrogen and oxygen atoms in total. The molecule has 3 N–H and O–H groups in total. The Morgan fingerprint density at radius 1 is 1.06 bits per heavy atom. The number of benzene rings is 2. The summed E-state index contributed by atoms with van der Waals surface area (Å²) in [6, 6.07) is 16.7. The topological polar surface area (TPSA) is 64.6 Å². The number of nitrogens with one attached hydrogen (secondary N) is 2. The number of hydrogen-bond acceptors (Lipinski definition) is 3. The molecule has 2 aromatic rings. The van der Waals surface area contributed by atoms with Gasteiger partial charge in [-0.25, -0.2) is 4.79 Å². The molecule has 5 rings (SSSR count). The summed E-state index contributed by atoms with van der Waals surface area (Å²) in [4.78, 5) is 15.7. The van der Waals surface area contributed by atoms with Gasteiger partial charge in [-0.3, -0.25) is 0 Å². The minimum Gasteiger partial charge on any atom is -0.396 e. The van der Waals surface area contributed by atoms with Gasteiger partial charge in [-0.15, -0.1) is 0 Å². The van der Waals surface area contributed by atoms with Crippen LogP contribution in [0, 0.1) is 5.92 Å². The molecular formula is C28H39N3O2. The molecule has 2 bridgehead atoms. The van der Waals surface area contributed by atoms with Gasteiger partial charge in [0.25, 0.3) is 0 Å². The number of rotatable bonds is 8. The first kappa shape index (κ1) is 23.8. The summed E-state index contributed by atoms with van der Waals surface area (Å²) in [5.74, 6) is 0.583. The van der Waals surface area contributed by atoms with Gasteiger partial charge in [-0.05, 0) is 80.8 Å². The third-order valence-electron chi connectivity index (χ3n) is 7.65. The van der Waals surface area contributed by atoms with Crippen LogP contribution in [0.25, 0.3) is 11.1 Å². The molecule has 178 valence electrons. The summed E-state index contributed by atoms with van der Waals surface area (Å²) in [7, 11) is 0. The molecule has 2 amide bonds. The van der Waals surface area contributed by atoms with Crippen LogP contribution in [-0.4, -0.2) is 47.8 Å². The molecule has 3 aliphatic heterocycles. The van der Waals surface area contributed by atoms with E-state index in [1.807, 2.05) is 0 Å². The molecule has 5 heteroatoms. The summed E-state index contributed by atoms with van der Waals surface area (Å²) < 4.78 is 0. The van der Waals surface area contributed by atoms with Crippen LogP contribution in [0.5, 0.6) is 0 Å². The predicted octanol–water partition coefficient (Wildman–Crippen LogP) is 4.69. The summed E-state index contributed by atoms with van der Waals surface area (Å²) >= 11 is 0. The van der Waals surface area contributed by atoms with Crippen LogP contribution >= 0.6 is 0 Å². The number of fused-ring (bicyclic) bond motifs is 3. The van der Waals surface area contributed by atoms with Gasteiger partial charge in [-0.2, -0.15) is 0 Å². The minimum absolute atomic E-state index is 0.0641. The van der Waals surface area contributed by atoms with Crippen LogP contribution in [0.15, 0.2) is 48.5 Å². The molecule has 3 saturated heterocycles. The van der Waals surface area contributed by atoms with Crippen LogP contribution in [0.2, 0.25) is 0 Å². The molecule has 1 unspecified atom stereocenters. The Bertz CT molecular complexity index is 931. The van der Waals surface area contributed by atoms with Crippen molar-refractivity contribution in [2.24, 2.45) is 5.92 Å². The fourth-order valence-corrected chi connectivity index (χ4v) is 5.79. The van der Waals surface area contributed by atoms with E-state index in [9.17, 15) is 4.79 Å². The molecule has 3 aliphatic rings. The van der Waals surface area contributed by atoms with Crippen LogP contribution in [0.3, 0.4) is 0 Å². The number of carbonyl (C=O) groups is 1. The smallest absolute Gasteiger partial charge is 0.315 e. The molecule has 33 heavy (non-hydrogen) atoms. The number of urea groups is 1. The lowest BCUT2D eigenvalue weighted by molar-refractivity contribution is 0.00685. The quantitative estimate of drug-likeness (QED) is 0.548. The molecule has 3 fully saturated rings. The largest absolute Gasteiger partial charge is 0.396 e. The number of aliphatic hydroxyl groups excluding tert-OH is 1. The number of amides is 2. The van der Waals surface area contributed by atoms with Crippen molar-refractivity contribution in [3.05, 3.63) is 59.7 Å². The van der Waals surface area contributed by atoms with Gasteiger partial charge in [0.2, 0.25) is 0 Å². The summed E-state index contributed by atoms with van der Waals surface area (Å²) in [6.45, 7) is 9.82. The Labute approximate surface area is 198 Å². The second-order valence-corrected chi connectivity index (χ2v) is 10.4. The van der Waals surface area contributed by atoms with E-state index in [0.29, 0.717) is 12.3 Å². The number of hydrogen-bond donors (Lipinski definition) is 3. The minimum atomic E-state index is -0.477. The molecule has 0 saturated carbocycles. The molecule has 2 aromatic carbocycles. The highest BCUT2D eigenvalue weighted by Gasteiger charge is 2.47. The Kier molecular flexibility index (Phi) is 7.10. The lowest BCUT2D eigenvalue weighted by Gasteiger charge is -2.54. The van der Waals surface area contributed by atoms with Crippen molar-refractivity contribution >= 4 is 6.03 Å². The zero-order valence-corrected chi connectivity index (χ0v) is 20.4. The highest BCUT2D eigenvalue weighted by molar-refractivity contribution is 5.76. The first-order chi connectivity index (χ1) is 15.8. The maximum atomic E-state index is 13.2. The third kappa shape index (κ3) is 5.25. The van der Waals surface area contributed by atoms with E-state index in [1.165, 1.54) is 25.9 Å². The van der Waals surface area contributed by atoms with Crippen molar-refractivity contribution in [2.75, 3.05) is 26.2 Å². The van der Waals surface area contributed by atoms with Crippen molar-refractivity contribution in [1.29, 1.82) is 0 Å². The fourth-order valence-electron chi connectivity index (χ4n) is 5.79. The van der Waals surface area contributed by atoms with Crippen LogP contribution in [0.1, 0.15) is 57.6 Å². The normalized spacial score (nSPS) is 24.5. The van der Waals surface area contributed by atoms with E-state index >= 15 is 0 Å². The summed E-state index contributed by atoms with van der Waals surface area (Å²) in [6.07, 6.45) is 5.17. The average molecular weight is 450 g/mol. The van der Waals surface area contributed by atoms with Gasteiger partial charge in [0.1, 0.15) is 0 Å². The van der Waals surface area contributed by atoms with E-state index < -0.39 is 5.54 Å². The fraction of sp³-hybridized carbons (Fsp3) is 0.536. The number of piperidine rings is 3. The van der Waals surface area contributed by atoms with Crippen LogP contribution in [-0.2, 0) is 12.0 Å². The zero-order chi connectivity index (χ0) is 23.5. The second kappa shape index (κ2) is 9.86. The number of aliphatic hydroxyl groups is 1. The monoisotopic (exact) mass is 449 g/mol. The Morgan fingerprint density at radius 3 is 2.18 bits per heavy atom. The van der Waals surface area contributed by atoms with E-state index in [4.69, 9.17) is 5.11 Å². The summed E-state index contributed by atoms with van der Waals surface area (Å²) in [5.41, 5.74) is 3.93. The van der Waals surface area contributed by atoms with Crippen molar-refractivity contribution in [2.45, 2.75) is 64.0 Å². The van der Waals surface area contributed by atoms with E-state index in [1.54, 1.807) is 0 Å². The molecular weight excluding hydrogens is 410 g/mol. The van der Waals surface area contributed by atoms with Gasteiger partial charge >= 0.3 is 6.03 Å². The second-order valence-electron chi connectivity index (χ2n) is 10.4. The predicted molar refractivity (Wildman–Crippen MR) is 134 cm³/mol. The zero-order valence-electron chi connectivity index (χ0n) is 20.4. The highest BCUT2D eigenvalue weighted by atomic mass is 16.3. The van der Waals surface area contributed by atoms with Crippen molar-refractivity contribution in [3.63, 3.8) is 0 Å². The van der Waals surface area contributed by atoms with Crippen LogP contribution < -0.4 is 10.6 Å². The Morgan fingerprint density at radius 2 is 1.67 bits per heavy atom. The van der Waals surface area contributed by atoms with E-state index in [2.05, 4.69) is 84.8 Å². The van der Waals surface area contributed by atoms with Crippen LogP contribution in [0.4, 0.5) is 4.79 Å². The van der Waals surface area contributed by atoms with Crippen molar-refractivity contribution in [1.82, 2.24) is 15.5 Å². The van der Waals surface area contributed by atoms with Gasteiger partial charge in [-0.1, -0.05) is 61.9 Å². The lowest BCUT2D eigenvalue weighted by Crippen LogP contribution is -2.68. The maximum absolute atomic E-state index is 13.2. The lowest BCUT2D eigenvalue weighted by atomic mass is 9.70. The average Bonchev–Trinajstić information content (AvgIpc) is 2.80. The molecule has 0 spiro atoms. The van der Waals surface area contributed by atoms with Gasteiger partial charge < -0.3 is 20.6 Å². The molecule has 0 aromatic heterocycles. The Hall–Kier alpha value is -2.37. The van der Waals surface area contributed by atoms with Crippen molar-refractivity contribution in [3.8, 4) is 11.1 Å². The van der Waals surface area contributed by atoms with E-state index in [-0.39, 0.29) is 18.2 Å². The molecule has 1 atom stereocenters. The third-order valence-corrected chi connectivity index (χ3v) is 7.65. The summed E-state index contributed by atoms with van der Waals surface area (Å²) in [5, 5.41) is 15.8.